The minimum atomic E-state index is -2.23. The average Bonchev–Trinajstić information content (AvgIpc) is 3.17. The fourth-order valence-corrected chi connectivity index (χ4v) is 3.45. The lowest BCUT2D eigenvalue weighted by atomic mass is 10.1. The Labute approximate surface area is 185 Å². The van der Waals surface area contributed by atoms with Crippen molar-refractivity contribution in [2.24, 2.45) is 0 Å². The van der Waals surface area contributed by atoms with Crippen LogP contribution >= 0.6 is 11.6 Å². The molecule has 6 nitrogen and oxygen atoms in total. The normalized spacial score (nSPS) is 12.3. The van der Waals surface area contributed by atoms with E-state index in [9.17, 15) is 26.7 Å². The zero-order valence-corrected chi connectivity index (χ0v) is 18.5. The van der Waals surface area contributed by atoms with E-state index in [-0.39, 0.29) is 11.4 Å². The van der Waals surface area contributed by atoms with Gasteiger partial charge in [0.05, 0.1) is 45.6 Å². The first-order valence-electron chi connectivity index (χ1n) is 9.43. The molecule has 1 unspecified atom stereocenters. The maximum absolute atomic E-state index is 14.1. The Bertz CT molecular complexity index is 1210. The standard InChI is InChI=1S/C20H19ClF5N5O/c1-7-13(21)9(3)31(29-7)11(5)20(32)27-19-8(2)28-30(10(19)4)6-12-14(22)16(24)18(26)17(25)15(12)23/h11H,6H2,1-5H3,(H,27,32). The highest BCUT2D eigenvalue weighted by Gasteiger charge is 2.27. The van der Waals surface area contributed by atoms with Crippen LogP contribution in [-0.2, 0) is 11.3 Å². The molecule has 0 aliphatic heterocycles. The van der Waals surface area contributed by atoms with Crippen LogP contribution in [0.5, 0.6) is 0 Å². The minimum absolute atomic E-state index is 0.248. The lowest BCUT2D eigenvalue weighted by Gasteiger charge is -2.15. The van der Waals surface area contributed by atoms with Gasteiger partial charge in [-0.2, -0.15) is 10.2 Å². The van der Waals surface area contributed by atoms with Gasteiger partial charge in [0.1, 0.15) is 6.04 Å². The molecule has 1 amide bonds. The molecule has 172 valence electrons. The summed E-state index contributed by atoms with van der Waals surface area (Å²) in [6.07, 6.45) is 0. The number of nitrogens with zero attached hydrogens (tertiary/aromatic N) is 4. The summed E-state index contributed by atoms with van der Waals surface area (Å²) in [4.78, 5) is 12.8. The molecule has 1 atom stereocenters. The summed E-state index contributed by atoms with van der Waals surface area (Å²) in [5.74, 6) is -10.6. The summed E-state index contributed by atoms with van der Waals surface area (Å²) in [5, 5.41) is 11.4. The molecule has 0 saturated heterocycles. The Morgan fingerprint density at radius 1 is 0.906 bits per heavy atom. The summed E-state index contributed by atoms with van der Waals surface area (Å²) < 4.78 is 70.9. The number of carbonyl (C=O) groups is 1. The molecule has 0 fully saturated rings. The average molecular weight is 476 g/mol. The van der Waals surface area contributed by atoms with Crippen LogP contribution in [0, 0.1) is 56.8 Å². The first-order valence-corrected chi connectivity index (χ1v) is 9.80. The van der Waals surface area contributed by atoms with Crippen molar-refractivity contribution in [2.45, 2.75) is 47.2 Å². The van der Waals surface area contributed by atoms with Gasteiger partial charge in [-0.3, -0.25) is 14.2 Å². The van der Waals surface area contributed by atoms with E-state index in [1.54, 1.807) is 20.8 Å². The Morgan fingerprint density at radius 3 is 1.94 bits per heavy atom. The fraction of sp³-hybridized carbons (Fsp3) is 0.350. The summed E-state index contributed by atoms with van der Waals surface area (Å²) in [5.41, 5.74) is 0.930. The van der Waals surface area contributed by atoms with Crippen molar-refractivity contribution >= 4 is 23.2 Å². The molecule has 0 spiro atoms. The predicted molar refractivity (Wildman–Crippen MR) is 107 cm³/mol. The van der Waals surface area contributed by atoms with Crippen LogP contribution in [0.15, 0.2) is 0 Å². The van der Waals surface area contributed by atoms with Crippen molar-refractivity contribution < 1.29 is 26.7 Å². The summed E-state index contributed by atoms with van der Waals surface area (Å²) in [6.45, 7) is 7.32. The molecule has 0 aliphatic rings. The zero-order valence-electron chi connectivity index (χ0n) is 17.7. The molecule has 1 N–H and O–H groups in total. The maximum atomic E-state index is 14.1. The van der Waals surface area contributed by atoms with Crippen LogP contribution in [0.2, 0.25) is 5.02 Å². The number of amides is 1. The molecular formula is C20H19ClF5N5O. The highest BCUT2D eigenvalue weighted by molar-refractivity contribution is 6.31. The van der Waals surface area contributed by atoms with Crippen LogP contribution in [-0.4, -0.2) is 25.5 Å². The number of aromatic nitrogens is 4. The second-order valence-corrected chi connectivity index (χ2v) is 7.72. The van der Waals surface area contributed by atoms with E-state index in [2.05, 4.69) is 15.5 Å². The summed E-state index contributed by atoms with van der Waals surface area (Å²) in [6, 6.07) is -0.751. The minimum Gasteiger partial charge on any atom is -0.321 e. The molecule has 0 radical (unpaired) electrons. The highest BCUT2D eigenvalue weighted by atomic mass is 35.5. The number of halogens is 6. The molecule has 3 rings (SSSR count). The van der Waals surface area contributed by atoms with Gasteiger partial charge in [0.25, 0.3) is 0 Å². The van der Waals surface area contributed by atoms with Gasteiger partial charge in [-0.05, 0) is 34.6 Å². The SMILES string of the molecule is Cc1nn(C(C)C(=O)Nc2c(C)nn(Cc3c(F)c(F)c(F)c(F)c3F)c2C)c(C)c1Cl. The lowest BCUT2D eigenvalue weighted by molar-refractivity contribution is -0.119. The Balaban J connectivity index is 1.91. The molecule has 0 aliphatic carbocycles. The molecule has 0 saturated carbocycles. The monoisotopic (exact) mass is 475 g/mol. The van der Waals surface area contributed by atoms with E-state index >= 15 is 0 Å². The summed E-state index contributed by atoms with van der Waals surface area (Å²) in [7, 11) is 0. The van der Waals surface area contributed by atoms with E-state index in [1.165, 1.54) is 18.5 Å². The second-order valence-electron chi connectivity index (χ2n) is 7.35. The zero-order chi connectivity index (χ0) is 24.1. The van der Waals surface area contributed by atoms with Crippen LogP contribution in [0.3, 0.4) is 0 Å². The van der Waals surface area contributed by atoms with Gasteiger partial charge >= 0.3 is 0 Å². The summed E-state index contributed by atoms with van der Waals surface area (Å²) >= 11 is 6.13. The van der Waals surface area contributed by atoms with Crippen LogP contribution < -0.4 is 5.32 Å². The third-order valence-electron chi connectivity index (χ3n) is 5.22. The van der Waals surface area contributed by atoms with E-state index in [1.807, 2.05) is 0 Å². The number of hydrogen-bond donors (Lipinski definition) is 1. The van der Waals surface area contributed by atoms with Gasteiger partial charge in [0.2, 0.25) is 11.7 Å². The molecule has 32 heavy (non-hydrogen) atoms. The molecule has 3 aromatic rings. The van der Waals surface area contributed by atoms with Gasteiger partial charge < -0.3 is 5.32 Å². The third kappa shape index (κ3) is 3.85. The second kappa shape index (κ2) is 8.53. The molecule has 12 heteroatoms. The van der Waals surface area contributed by atoms with Crippen molar-refractivity contribution in [1.29, 1.82) is 0 Å². The van der Waals surface area contributed by atoms with Crippen molar-refractivity contribution in [3.05, 3.63) is 62.4 Å². The number of aryl methyl sites for hydroxylation is 2. The third-order valence-corrected chi connectivity index (χ3v) is 5.77. The van der Waals surface area contributed by atoms with Crippen molar-refractivity contribution in [2.75, 3.05) is 5.32 Å². The largest absolute Gasteiger partial charge is 0.321 e. The topological polar surface area (TPSA) is 64.7 Å². The molecule has 2 aromatic heterocycles. The number of benzene rings is 1. The number of rotatable bonds is 5. The lowest BCUT2D eigenvalue weighted by Crippen LogP contribution is -2.25. The van der Waals surface area contributed by atoms with Gasteiger partial charge in [-0.25, -0.2) is 22.0 Å². The van der Waals surface area contributed by atoms with Gasteiger partial charge in [0.15, 0.2) is 23.3 Å². The van der Waals surface area contributed by atoms with Crippen LogP contribution in [0.1, 0.15) is 41.3 Å². The predicted octanol–water partition coefficient (Wildman–Crippen LogP) is 4.91. The Hall–Kier alpha value is -2.95. The van der Waals surface area contributed by atoms with Crippen molar-refractivity contribution in [1.82, 2.24) is 19.6 Å². The molecule has 2 heterocycles. The van der Waals surface area contributed by atoms with E-state index in [0.29, 0.717) is 22.1 Å². The van der Waals surface area contributed by atoms with E-state index in [4.69, 9.17) is 11.6 Å². The smallest absolute Gasteiger partial charge is 0.249 e. The van der Waals surface area contributed by atoms with E-state index in [0.717, 1.165) is 4.68 Å². The van der Waals surface area contributed by atoms with Gasteiger partial charge in [-0.15, -0.1) is 0 Å². The Morgan fingerprint density at radius 2 is 1.44 bits per heavy atom. The first kappa shape index (κ1) is 23.7. The number of hydrogen-bond acceptors (Lipinski definition) is 3. The Kier molecular flexibility index (Phi) is 6.32. The van der Waals surface area contributed by atoms with Crippen molar-refractivity contribution in [3.63, 3.8) is 0 Å². The van der Waals surface area contributed by atoms with Crippen LogP contribution in [0.25, 0.3) is 0 Å². The first-order chi connectivity index (χ1) is 14.9. The van der Waals surface area contributed by atoms with Crippen LogP contribution in [0.4, 0.5) is 27.6 Å². The van der Waals surface area contributed by atoms with Gasteiger partial charge in [0, 0.05) is 0 Å². The van der Waals surface area contributed by atoms with Gasteiger partial charge in [-0.1, -0.05) is 11.6 Å². The van der Waals surface area contributed by atoms with E-state index < -0.39 is 53.1 Å². The number of anilines is 1. The molecule has 1 aromatic carbocycles. The number of carbonyl (C=O) groups excluding carboxylic acids is 1. The molecular weight excluding hydrogens is 457 g/mol. The maximum Gasteiger partial charge on any atom is 0.249 e. The number of nitrogens with one attached hydrogen (secondary N) is 1. The molecule has 0 bridgehead atoms. The van der Waals surface area contributed by atoms with Crippen molar-refractivity contribution in [3.8, 4) is 0 Å². The quantitative estimate of drug-likeness (QED) is 0.324. The highest BCUT2D eigenvalue weighted by Crippen LogP contribution is 2.27. The fourth-order valence-electron chi connectivity index (χ4n) is 3.33.